The van der Waals surface area contributed by atoms with E-state index < -0.39 is 0 Å². The van der Waals surface area contributed by atoms with Crippen molar-refractivity contribution in [3.8, 4) is 16.9 Å². The van der Waals surface area contributed by atoms with Crippen LogP contribution < -0.4 is 9.64 Å². The fourth-order valence-corrected chi connectivity index (χ4v) is 6.11. The van der Waals surface area contributed by atoms with Gasteiger partial charge in [-0.1, -0.05) is 48.5 Å². The molecule has 0 bridgehead atoms. The molecule has 7 nitrogen and oxygen atoms in total. The number of nitrogens with zero attached hydrogens (tertiary/aromatic N) is 4. The summed E-state index contributed by atoms with van der Waals surface area (Å²) >= 11 is 0. The van der Waals surface area contributed by atoms with E-state index in [1.807, 2.05) is 89.5 Å². The van der Waals surface area contributed by atoms with Crippen LogP contribution in [0.1, 0.15) is 44.1 Å². The van der Waals surface area contributed by atoms with Crippen LogP contribution in [0.15, 0.2) is 78.9 Å². The molecule has 3 heterocycles. The van der Waals surface area contributed by atoms with Crippen molar-refractivity contribution in [2.75, 3.05) is 45.2 Å². The number of aromatic nitrogens is 1. The Bertz CT molecular complexity index is 1610. The monoisotopic (exact) mass is 548 g/mol. The van der Waals surface area contributed by atoms with Crippen molar-refractivity contribution in [3.05, 3.63) is 107 Å². The topological polar surface area (TPSA) is 58.0 Å². The van der Waals surface area contributed by atoms with Crippen LogP contribution in [0.25, 0.3) is 11.1 Å². The zero-order chi connectivity index (χ0) is 28.5. The molecule has 4 aromatic rings. The SMILES string of the molecule is COc1ccccc1-c1cccc(C(=O)N2Cc3ccc(C(=O)N4CCCN(C)CC4)n3Cc3ccccc32)c1C. The number of hydrogen-bond acceptors (Lipinski definition) is 4. The van der Waals surface area contributed by atoms with Crippen LogP contribution in [0.4, 0.5) is 5.69 Å². The van der Waals surface area contributed by atoms with E-state index in [0.717, 1.165) is 72.0 Å². The molecule has 0 radical (unpaired) electrons. The zero-order valence-corrected chi connectivity index (χ0v) is 24.0. The van der Waals surface area contributed by atoms with E-state index >= 15 is 0 Å². The summed E-state index contributed by atoms with van der Waals surface area (Å²) < 4.78 is 7.72. The Balaban J connectivity index is 1.37. The largest absolute Gasteiger partial charge is 0.496 e. The minimum absolute atomic E-state index is 0.0594. The van der Waals surface area contributed by atoms with Gasteiger partial charge in [-0.2, -0.15) is 0 Å². The quantitative estimate of drug-likeness (QED) is 0.340. The third-order valence-electron chi connectivity index (χ3n) is 8.43. The van der Waals surface area contributed by atoms with Crippen LogP contribution in [0.3, 0.4) is 0 Å². The van der Waals surface area contributed by atoms with E-state index in [2.05, 4.69) is 22.6 Å². The Hall–Kier alpha value is -4.36. The van der Waals surface area contributed by atoms with Crippen LogP contribution in [-0.4, -0.2) is 66.5 Å². The summed E-state index contributed by atoms with van der Waals surface area (Å²) in [7, 11) is 3.77. The van der Waals surface area contributed by atoms with Gasteiger partial charge in [-0.05, 0) is 74.0 Å². The van der Waals surface area contributed by atoms with E-state index in [0.29, 0.717) is 24.3 Å². The van der Waals surface area contributed by atoms with Gasteiger partial charge >= 0.3 is 0 Å². The normalized spacial score (nSPS) is 15.5. The number of amides is 2. The summed E-state index contributed by atoms with van der Waals surface area (Å²) in [5, 5.41) is 0. The van der Waals surface area contributed by atoms with Crippen LogP contribution in [0.5, 0.6) is 5.75 Å². The Morgan fingerprint density at radius 1 is 0.756 bits per heavy atom. The molecule has 0 atom stereocenters. The van der Waals surface area contributed by atoms with Gasteiger partial charge in [0.1, 0.15) is 11.4 Å². The number of carbonyl (C=O) groups excluding carboxylic acids is 2. The standard InChI is InChI=1S/C34H36N4O3/c1-24-27(29-11-5-7-15-32(29)41-3)12-8-13-28(24)33(39)38-23-26-16-17-31(34(40)36-19-9-18-35(2)20-21-36)37(26)22-25-10-4-6-14-30(25)38/h4-8,10-17H,9,18-23H2,1-3H3. The highest BCUT2D eigenvalue weighted by atomic mass is 16.5. The van der Waals surface area contributed by atoms with Gasteiger partial charge in [-0.25, -0.2) is 0 Å². The van der Waals surface area contributed by atoms with E-state index in [9.17, 15) is 9.59 Å². The van der Waals surface area contributed by atoms with Crippen molar-refractivity contribution in [1.82, 2.24) is 14.4 Å². The molecule has 2 amide bonds. The highest BCUT2D eigenvalue weighted by Gasteiger charge is 2.30. The molecule has 41 heavy (non-hydrogen) atoms. The van der Waals surface area contributed by atoms with E-state index in [4.69, 9.17) is 4.74 Å². The van der Waals surface area contributed by atoms with Crippen LogP contribution in [0, 0.1) is 6.92 Å². The molecule has 1 aromatic heterocycles. The molecular formula is C34H36N4O3. The van der Waals surface area contributed by atoms with Gasteiger partial charge < -0.3 is 24.0 Å². The molecule has 1 fully saturated rings. The molecular weight excluding hydrogens is 512 g/mol. The summed E-state index contributed by atoms with van der Waals surface area (Å²) in [6.07, 6.45) is 0.966. The molecule has 2 aliphatic rings. The number of benzene rings is 3. The number of carbonyl (C=O) groups is 2. The summed E-state index contributed by atoms with van der Waals surface area (Å²) in [6.45, 7) is 6.26. The van der Waals surface area contributed by atoms with Crippen molar-refractivity contribution in [2.45, 2.75) is 26.4 Å². The second kappa shape index (κ2) is 11.3. The summed E-state index contributed by atoms with van der Waals surface area (Å²) in [5.74, 6) is 0.764. The number of hydrogen-bond donors (Lipinski definition) is 0. The molecule has 6 rings (SSSR count). The van der Waals surface area contributed by atoms with Crippen molar-refractivity contribution in [2.24, 2.45) is 0 Å². The number of likely N-dealkylation sites (N-methyl/N-ethyl adjacent to an activating group) is 1. The number of para-hydroxylation sites is 2. The molecule has 0 saturated carbocycles. The lowest BCUT2D eigenvalue weighted by molar-refractivity contribution is 0.0752. The summed E-state index contributed by atoms with van der Waals surface area (Å²) in [4.78, 5) is 34.2. The highest BCUT2D eigenvalue weighted by molar-refractivity contribution is 6.08. The number of ether oxygens (including phenoxy) is 1. The maximum absolute atomic E-state index is 14.3. The maximum Gasteiger partial charge on any atom is 0.270 e. The molecule has 0 unspecified atom stereocenters. The molecule has 0 aliphatic carbocycles. The van der Waals surface area contributed by atoms with Crippen molar-refractivity contribution in [1.29, 1.82) is 0 Å². The Labute approximate surface area is 241 Å². The molecule has 7 heteroatoms. The second-order valence-corrected chi connectivity index (χ2v) is 10.9. The van der Waals surface area contributed by atoms with Gasteiger partial charge in [-0.15, -0.1) is 0 Å². The van der Waals surface area contributed by atoms with Crippen molar-refractivity contribution < 1.29 is 14.3 Å². The molecule has 0 N–H and O–H groups in total. The van der Waals surface area contributed by atoms with Gasteiger partial charge in [-0.3, -0.25) is 9.59 Å². The smallest absolute Gasteiger partial charge is 0.270 e. The number of anilines is 1. The first-order valence-electron chi connectivity index (χ1n) is 14.2. The Morgan fingerprint density at radius 2 is 1.54 bits per heavy atom. The van der Waals surface area contributed by atoms with Gasteiger partial charge in [0.15, 0.2) is 0 Å². The van der Waals surface area contributed by atoms with Gasteiger partial charge in [0.2, 0.25) is 0 Å². The first kappa shape index (κ1) is 26.8. The van der Waals surface area contributed by atoms with E-state index in [1.165, 1.54) is 0 Å². The number of methoxy groups -OCH3 is 1. The molecule has 0 spiro atoms. The van der Waals surface area contributed by atoms with E-state index in [1.54, 1.807) is 7.11 Å². The zero-order valence-electron chi connectivity index (χ0n) is 24.0. The number of rotatable bonds is 4. The average molecular weight is 549 g/mol. The lowest BCUT2D eigenvalue weighted by atomic mass is 9.95. The fraction of sp³-hybridized carbons (Fsp3) is 0.294. The second-order valence-electron chi connectivity index (χ2n) is 10.9. The van der Waals surface area contributed by atoms with Crippen molar-refractivity contribution >= 4 is 17.5 Å². The third-order valence-corrected chi connectivity index (χ3v) is 8.43. The predicted molar refractivity (Wildman–Crippen MR) is 162 cm³/mol. The fourth-order valence-electron chi connectivity index (χ4n) is 6.11. The molecule has 3 aromatic carbocycles. The summed E-state index contributed by atoms with van der Waals surface area (Å²) in [6, 6.07) is 25.7. The lowest BCUT2D eigenvalue weighted by Crippen LogP contribution is -2.36. The van der Waals surface area contributed by atoms with Crippen LogP contribution in [-0.2, 0) is 13.1 Å². The minimum Gasteiger partial charge on any atom is -0.496 e. The predicted octanol–water partition coefficient (Wildman–Crippen LogP) is 5.46. The molecule has 210 valence electrons. The molecule has 1 saturated heterocycles. The third kappa shape index (κ3) is 5.02. The van der Waals surface area contributed by atoms with Crippen LogP contribution >= 0.6 is 0 Å². The summed E-state index contributed by atoms with van der Waals surface area (Å²) in [5.41, 5.74) is 6.99. The maximum atomic E-state index is 14.3. The molecule has 2 aliphatic heterocycles. The highest BCUT2D eigenvalue weighted by Crippen LogP contribution is 2.35. The lowest BCUT2D eigenvalue weighted by Gasteiger charge is -2.24. The average Bonchev–Trinajstić information content (AvgIpc) is 3.14. The van der Waals surface area contributed by atoms with Gasteiger partial charge in [0.25, 0.3) is 11.8 Å². The van der Waals surface area contributed by atoms with Crippen LogP contribution in [0.2, 0.25) is 0 Å². The van der Waals surface area contributed by atoms with E-state index in [-0.39, 0.29) is 11.8 Å². The minimum atomic E-state index is -0.0650. The number of fused-ring (bicyclic) bond motifs is 2. The first-order valence-corrected chi connectivity index (χ1v) is 14.2. The first-order chi connectivity index (χ1) is 20.0. The van der Waals surface area contributed by atoms with Crippen molar-refractivity contribution in [3.63, 3.8) is 0 Å². The van der Waals surface area contributed by atoms with Gasteiger partial charge in [0.05, 0.1) is 20.2 Å². The Kier molecular flexibility index (Phi) is 7.37. The van der Waals surface area contributed by atoms with Gasteiger partial charge in [0, 0.05) is 42.1 Å². The Morgan fingerprint density at radius 3 is 2.39 bits per heavy atom.